The highest BCUT2D eigenvalue weighted by atomic mass is 16.5. The molecule has 2 aromatic rings. The fourth-order valence-corrected chi connectivity index (χ4v) is 4.06. The number of nitrogens with zero attached hydrogens (tertiary/aromatic N) is 1. The van der Waals surface area contributed by atoms with E-state index in [1.165, 1.54) is 12.8 Å². The third-order valence-corrected chi connectivity index (χ3v) is 5.29. The molecule has 1 aliphatic carbocycles. The number of para-hydroxylation sites is 1. The second-order valence-corrected chi connectivity index (χ2v) is 6.79. The van der Waals surface area contributed by atoms with Crippen molar-refractivity contribution in [2.75, 3.05) is 11.9 Å². The number of hydrogen-bond acceptors (Lipinski definition) is 3. The normalized spacial score (nSPS) is 23.2. The van der Waals surface area contributed by atoms with Gasteiger partial charge in [-0.25, -0.2) is 0 Å². The number of nitrogens with one attached hydrogen (secondary N) is 1. The zero-order chi connectivity index (χ0) is 15.7. The van der Waals surface area contributed by atoms with Crippen molar-refractivity contribution in [2.24, 2.45) is 5.92 Å². The van der Waals surface area contributed by atoms with Gasteiger partial charge >= 0.3 is 0 Å². The summed E-state index contributed by atoms with van der Waals surface area (Å²) in [5.74, 6) is 0.171. The van der Waals surface area contributed by atoms with Crippen LogP contribution in [0.25, 0.3) is 10.9 Å². The van der Waals surface area contributed by atoms with E-state index in [0.29, 0.717) is 6.61 Å². The number of anilines is 1. The number of pyridine rings is 1. The van der Waals surface area contributed by atoms with Crippen LogP contribution >= 0.6 is 0 Å². The molecule has 1 unspecified atom stereocenters. The zero-order valence-electron chi connectivity index (χ0n) is 13.3. The van der Waals surface area contributed by atoms with Gasteiger partial charge in [-0.2, -0.15) is 0 Å². The van der Waals surface area contributed by atoms with Crippen molar-refractivity contribution in [3.05, 3.63) is 36.5 Å². The van der Waals surface area contributed by atoms with Crippen LogP contribution in [0.15, 0.2) is 36.5 Å². The van der Waals surface area contributed by atoms with Crippen LogP contribution in [0.1, 0.15) is 38.5 Å². The first-order valence-corrected chi connectivity index (χ1v) is 8.54. The molecule has 1 saturated heterocycles. The third-order valence-electron chi connectivity index (χ3n) is 5.29. The Morgan fingerprint density at radius 3 is 2.91 bits per heavy atom. The van der Waals surface area contributed by atoms with Crippen molar-refractivity contribution in [1.82, 2.24) is 4.98 Å². The third kappa shape index (κ3) is 2.83. The predicted molar refractivity (Wildman–Crippen MR) is 90.2 cm³/mol. The largest absolute Gasteiger partial charge is 0.375 e. The molecule has 0 bridgehead atoms. The van der Waals surface area contributed by atoms with Crippen molar-refractivity contribution in [1.29, 1.82) is 0 Å². The molecule has 4 rings (SSSR count). The van der Waals surface area contributed by atoms with E-state index >= 15 is 0 Å². The van der Waals surface area contributed by atoms with E-state index in [1.54, 1.807) is 6.20 Å². The molecular formula is C19H22N2O2. The Kier molecular flexibility index (Phi) is 3.77. The fraction of sp³-hybridized carbons (Fsp3) is 0.474. The first-order valence-electron chi connectivity index (χ1n) is 8.54. The number of rotatable bonds is 2. The minimum Gasteiger partial charge on any atom is -0.375 e. The predicted octanol–water partition coefficient (Wildman–Crippen LogP) is 3.91. The molecule has 1 aliphatic heterocycles. The SMILES string of the molecule is O=C(Nc1ccnc2ccccc12)C1CCOC2(CCCC2)C1. The van der Waals surface area contributed by atoms with Crippen LogP contribution in [-0.4, -0.2) is 23.1 Å². The topological polar surface area (TPSA) is 51.2 Å². The smallest absolute Gasteiger partial charge is 0.227 e. The molecule has 4 nitrogen and oxygen atoms in total. The Bertz CT molecular complexity index is 717. The molecular weight excluding hydrogens is 288 g/mol. The molecule has 1 N–H and O–H groups in total. The molecule has 1 aromatic heterocycles. The summed E-state index contributed by atoms with van der Waals surface area (Å²) >= 11 is 0. The summed E-state index contributed by atoms with van der Waals surface area (Å²) < 4.78 is 6.04. The molecule has 2 aliphatic rings. The number of ether oxygens (including phenoxy) is 1. The molecule has 0 radical (unpaired) electrons. The summed E-state index contributed by atoms with van der Waals surface area (Å²) in [6, 6.07) is 9.78. The maximum Gasteiger partial charge on any atom is 0.227 e. The van der Waals surface area contributed by atoms with Crippen molar-refractivity contribution in [2.45, 2.75) is 44.1 Å². The van der Waals surface area contributed by atoms with Crippen molar-refractivity contribution >= 4 is 22.5 Å². The van der Waals surface area contributed by atoms with Gasteiger partial charge in [0.05, 0.1) is 16.8 Å². The minimum atomic E-state index is -0.0272. The highest BCUT2D eigenvalue weighted by Crippen LogP contribution is 2.42. The van der Waals surface area contributed by atoms with Gasteiger partial charge in [-0.1, -0.05) is 31.0 Å². The van der Waals surface area contributed by atoms with E-state index in [-0.39, 0.29) is 17.4 Å². The molecule has 1 atom stereocenters. The van der Waals surface area contributed by atoms with E-state index in [1.807, 2.05) is 30.3 Å². The first-order chi connectivity index (χ1) is 11.3. The van der Waals surface area contributed by atoms with Crippen LogP contribution in [0, 0.1) is 5.92 Å². The number of fused-ring (bicyclic) bond motifs is 1. The quantitative estimate of drug-likeness (QED) is 0.915. The maximum absolute atomic E-state index is 12.8. The van der Waals surface area contributed by atoms with E-state index < -0.39 is 0 Å². The lowest BCUT2D eigenvalue weighted by Gasteiger charge is -2.37. The van der Waals surface area contributed by atoms with Crippen molar-refractivity contribution in [3.63, 3.8) is 0 Å². The number of amides is 1. The highest BCUT2D eigenvalue weighted by molar-refractivity contribution is 6.01. The van der Waals surface area contributed by atoms with Gasteiger partial charge in [-0.15, -0.1) is 0 Å². The van der Waals surface area contributed by atoms with E-state index in [9.17, 15) is 4.79 Å². The van der Waals surface area contributed by atoms with Crippen molar-refractivity contribution < 1.29 is 9.53 Å². The van der Waals surface area contributed by atoms with Crippen LogP contribution < -0.4 is 5.32 Å². The molecule has 1 saturated carbocycles. The first kappa shape index (κ1) is 14.6. The lowest BCUT2D eigenvalue weighted by molar-refractivity contribution is -0.133. The Balaban J connectivity index is 1.53. The minimum absolute atomic E-state index is 0.0272. The number of carbonyl (C=O) groups is 1. The molecule has 1 amide bonds. The lowest BCUT2D eigenvalue weighted by atomic mass is 9.84. The fourth-order valence-electron chi connectivity index (χ4n) is 4.06. The number of carbonyl (C=O) groups excluding carboxylic acids is 1. The molecule has 23 heavy (non-hydrogen) atoms. The Labute approximate surface area is 136 Å². The average Bonchev–Trinajstić information content (AvgIpc) is 3.03. The van der Waals surface area contributed by atoms with Crippen LogP contribution in [0.4, 0.5) is 5.69 Å². The van der Waals surface area contributed by atoms with Gasteiger partial charge in [0.25, 0.3) is 0 Å². The average molecular weight is 310 g/mol. The van der Waals surface area contributed by atoms with Gasteiger partial charge in [0, 0.05) is 24.1 Å². The molecule has 2 fully saturated rings. The summed E-state index contributed by atoms with van der Waals surface area (Å²) in [6.07, 6.45) is 8.09. The van der Waals surface area contributed by atoms with Crippen molar-refractivity contribution in [3.8, 4) is 0 Å². The van der Waals surface area contributed by atoms with Gasteiger partial charge in [0.2, 0.25) is 5.91 Å². The summed E-state index contributed by atoms with van der Waals surface area (Å²) in [5, 5.41) is 4.12. The molecule has 2 heterocycles. The Morgan fingerprint density at radius 2 is 2.04 bits per heavy atom. The summed E-state index contributed by atoms with van der Waals surface area (Å²) in [5.41, 5.74) is 1.73. The van der Waals surface area contributed by atoms with Gasteiger partial charge in [-0.05, 0) is 37.8 Å². The maximum atomic E-state index is 12.8. The molecule has 1 spiro atoms. The van der Waals surface area contributed by atoms with E-state index in [2.05, 4.69) is 10.3 Å². The van der Waals surface area contributed by atoms with E-state index in [4.69, 9.17) is 4.74 Å². The summed E-state index contributed by atoms with van der Waals surface area (Å²) in [4.78, 5) is 17.1. The van der Waals surface area contributed by atoms with Crippen LogP contribution in [0.2, 0.25) is 0 Å². The standard InChI is InChI=1S/C19H22N2O2/c22-18(14-8-12-23-19(13-14)9-3-4-10-19)21-17-7-11-20-16-6-2-1-5-15(16)17/h1-2,5-7,11,14H,3-4,8-10,12-13H2,(H,20,21,22). The molecule has 120 valence electrons. The molecule has 1 aromatic carbocycles. The van der Waals surface area contributed by atoms with Crippen LogP contribution in [0.3, 0.4) is 0 Å². The monoisotopic (exact) mass is 310 g/mol. The highest BCUT2D eigenvalue weighted by Gasteiger charge is 2.41. The zero-order valence-corrected chi connectivity index (χ0v) is 13.3. The Hall–Kier alpha value is -1.94. The molecule has 4 heteroatoms. The van der Waals surface area contributed by atoms with Gasteiger partial charge in [0.1, 0.15) is 0 Å². The Morgan fingerprint density at radius 1 is 1.22 bits per heavy atom. The summed E-state index contributed by atoms with van der Waals surface area (Å²) in [7, 11) is 0. The van der Waals surface area contributed by atoms with Gasteiger partial charge in [0.15, 0.2) is 0 Å². The van der Waals surface area contributed by atoms with Gasteiger partial charge < -0.3 is 10.1 Å². The van der Waals surface area contributed by atoms with E-state index in [0.717, 1.165) is 42.3 Å². The summed E-state index contributed by atoms with van der Waals surface area (Å²) in [6.45, 7) is 0.704. The number of benzene rings is 1. The number of hydrogen-bond donors (Lipinski definition) is 1. The number of aromatic nitrogens is 1. The second kappa shape index (κ2) is 5.93. The lowest BCUT2D eigenvalue weighted by Crippen LogP contribution is -2.41. The van der Waals surface area contributed by atoms with Crippen LogP contribution in [-0.2, 0) is 9.53 Å². The van der Waals surface area contributed by atoms with Gasteiger partial charge in [-0.3, -0.25) is 9.78 Å². The second-order valence-electron chi connectivity index (χ2n) is 6.79. The van der Waals surface area contributed by atoms with Crippen LogP contribution in [0.5, 0.6) is 0 Å².